The smallest absolute Gasteiger partial charge is 0.142 e. The third kappa shape index (κ3) is 3.16. The van der Waals surface area contributed by atoms with Gasteiger partial charge in [-0.2, -0.15) is 0 Å². The second-order valence-electron chi connectivity index (χ2n) is 6.35. The lowest BCUT2D eigenvalue weighted by molar-refractivity contribution is 0.387. The minimum Gasteiger partial charge on any atom is -0.598 e. The van der Waals surface area contributed by atoms with E-state index in [0.717, 1.165) is 54.4 Å². The first-order valence-electron chi connectivity index (χ1n) is 8.45. The van der Waals surface area contributed by atoms with Gasteiger partial charge in [0.2, 0.25) is 0 Å². The molecule has 1 aliphatic heterocycles. The highest BCUT2D eigenvalue weighted by atomic mass is 35.5. The lowest BCUT2D eigenvalue weighted by atomic mass is 10.2. The molecule has 0 spiro atoms. The monoisotopic (exact) mass is 389 g/mol. The van der Waals surface area contributed by atoms with Gasteiger partial charge in [-0.05, 0) is 18.2 Å². The van der Waals surface area contributed by atoms with Gasteiger partial charge >= 0.3 is 0 Å². The average Bonchev–Trinajstić information content (AvgIpc) is 2.99. The third-order valence-corrected chi connectivity index (χ3v) is 6.19. The lowest BCUT2D eigenvalue weighted by Crippen LogP contribution is -2.48. The Morgan fingerprint density at radius 3 is 2.58 bits per heavy atom. The maximum atomic E-state index is 11.6. The van der Waals surface area contributed by atoms with E-state index in [1.807, 2.05) is 41.7 Å². The van der Waals surface area contributed by atoms with Crippen LogP contribution in [-0.4, -0.2) is 55.8 Å². The molecule has 26 heavy (non-hydrogen) atoms. The number of hydrogen-bond donors (Lipinski definition) is 0. The Morgan fingerprint density at radius 2 is 1.88 bits per heavy atom. The van der Waals surface area contributed by atoms with Gasteiger partial charge < -0.3 is 14.0 Å². The minimum atomic E-state index is -0.921. The second kappa shape index (κ2) is 7.08. The highest BCUT2D eigenvalue weighted by molar-refractivity contribution is 7.88. The summed E-state index contributed by atoms with van der Waals surface area (Å²) < 4.78 is 15.6. The highest BCUT2D eigenvalue weighted by Crippen LogP contribution is 2.32. The van der Waals surface area contributed by atoms with Gasteiger partial charge in [0.1, 0.15) is 17.9 Å². The summed E-state index contributed by atoms with van der Waals surface area (Å²) in [4.78, 5) is 11.5. The number of rotatable bonds is 3. The summed E-state index contributed by atoms with van der Waals surface area (Å²) in [7, 11) is 2.00. The molecule has 1 aromatic carbocycles. The number of fused-ring (bicyclic) bond motifs is 1. The van der Waals surface area contributed by atoms with E-state index >= 15 is 0 Å². The van der Waals surface area contributed by atoms with Crippen molar-refractivity contribution in [2.45, 2.75) is 0 Å². The van der Waals surface area contributed by atoms with Gasteiger partial charge in [0, 0.05) is 43.3 Å². The van der Waals surface area contributed by atoms with E-state index in [4.69, 9.17) is 16.6 Å². The van der Waals surface area contributed by atoms with Crippen LogP contribution in [0.25, 0.3) is 22.4 Å². The summed E-state index contributed by atoms with van der Waals surface area (Å²) in [6, 6.07) is 10.0. The van der Waals surface area contributed by atoms with Crippen molar-refractivity contribution in [3.63, 3.8) is 0 Å². The van der Waals surface area contributed by atoms with Crippen LogP contribution in [0.2, 0.25) is 5.02 Å². The first kappa shape index (κ1) is 17.6. The molecule has 136 valence electrons. The molecule has 0 aliphatic carbocycles. The van der Waals surface area contributed by atoms with Crippen molar-refractivity contribution in [3.05, 3.63) is 41.6 Å². The number of aromatic nitrogens is 3. The second-order valence-corrected chi connectivity index (χ2v) is 8.12. The molecule has 1 saturated heterocycles. The maximum absolute atomic E-state index is 11.6. The van der Waals surface area contributed by atoms with Crippen molar-refractivity contribution in [1.29, 1.82) is 0 Å². The fourth-order valence-corrected chi connectivity index (χ4v) is 4.20. The molecule has 4 rings (SSSR count). The molecule has 1 fully saturated rings. The largest absolute Gasteiger partial charge is 0.598 e. The number of aryl methyl sites for hydroxylation is 1. The first-order valence-corrected chi connectivity index (χ1v) is 10.3. The molecular weight excluding hydrogens is 370 g/mol. The number of nitrogens with zero attached hydrogens (tertiary/aromatic N) is 5. The van der Waals surface area contributed by atoms with Crippen LogP contribution >= 0.6 is 11.6 Å². The van der Waals surface area contributed by atoms with E-state index in [1.54, 1.807) is 12.5 Å². The highest BCUT2D eigenvalue weighted by Gasteiger charge is 2.24. The van der Waals surface area contributed by atoms with E-state index in [9.17, 15) is 4.55 Å². The van der Waals surface area contributed by atoms with Gasteiger partial charge in [0.05, 0.1) is 29.1 Å². The molecule has 0 saturated carbocycles. The van der Waals surface area contributed by atoms with Gasteiger partial charge in [-0.3, -0.25) is 0 Å². The van der Waals surface area contributed by atoms with Crippen LogP contribution in [0.3, 0.4) is 0 Å². The van der Waals surface area contributed by atoms with E-state index in [0.29, 0.717) is 5.02 Å². The summed E-state index contributed by atoms with van der Waals surface area (Å²) in [5.41, 5.74) is 2.88. The summed E-state index contributed by atoms with van der Waals surface area (Å²) in [6.45, 7) is 3.09. The molecule has 1 atom stereocenters. The molecule has 0 bridgehead atoms. The normalized spacial score (nSPS) is 17.0. The molecule has 0 amide bonds. The Bertz CT molecular complexity index is 936. The zero-order valence-corrected chi connectivity index (χ0v) is 16.3. The molecular formula is C18H20ClN5OS. The van der Waals surface area contributed by atoms with Crippen molar-refractivity contribution in [2.24, 2.45) is 7.05 Å². The Hall–Kier alpha value is -1.80. The number of anilines is 1. The standard InChI is InChI=1S/C18H20ClN5OS/c1-22-16-6-4-3-5-15(16)21-18(22)13-11-17(20-12-14(13)19)23-7-9-24(10-8-23)26(2)25/h3-6,11-12H,7-10H2,1-2H3. The van der Waals surface area contributed by atoms with Crippen molar-refractivity contribution in [3.8, 4) is 11.4 Å². The Balaban J connectivity index is 1.68. The molecule has 6 nitrogen and oxygen atoms in total. The van der Waals surface area contributed by atoms with E-state index in [-0.39, 0.29) is 0 Å². The van der Waals surface area contributed by atoms with Crippen LogP contribution in [0.1, 0.15) is 0 Å². The topological polar surface area (TPSA) is 60.2 Å². The van der Waals surface area contributed by atoms with Crippen molar-refractivity contribution in [2.75, 3.05) is 37.3 Å². The quantitative estimate of drug-likeness (QED) is 0.644. The molecule has 3 aromatic rings. The number of imidazole rings is 1. The predicted octanol–water partition coefficient (Wildman–Crippen LogP) is 2.70. The average molecular weight is 390 g/mol. The Morgan fingerprint density at radius 1 is 1.15 bits per heavy atom. The zero-order chi connectivity index (χ0) is 18.3. The summed E-state index contributed by atoms with van der Waals surface area (Å²) in [5, 5.41) is 0.584. The van der Waals surface area contributed by atoms with Crippen LogP contribution in [0.15, 0.2) is 36.5 Å². The molecule has 2 aromatic heterocycles. The van der Waals surface area contributed by atoms with Crippen molar-refractivity contribution in [1.82, 2.24) is 18.8 Å². The lowest BCUT2D eigenvalue weighted by Gasteiger charge is -2.34. The van der Waals surface area contributed by atoms with Crippen molar-refractivity contribution >= 4 is 39.8 Å². The molecule has 0 radical (unpaired) electrons. The van der Waals surface area contributed by atoms with E-state index in [2.05, 4.69) is 14.5 Å². The van der Waals surface area contributed by atoms with E-state index in [1.165, 1.54) is 0 Å². The maximum Gasteiger partial charge on any atom is 0.142 e. The summed E-state index contributed by atoms with van der Waals surface area (Å²) in [5.74, 6) is 1.70. The molecule has 1 unspecified atom stereocenters. The third-order valence-electron chi connectivity index (χ3n) is 4.80. The molecule has 0 N–H and O–H groups in total. The van der Waals surface area contributed by atoms with Crippen LogP contribution < -0.4 is 4.90 Å². The molecule has 1 aliphatic rings. The Kier molecular flexibility index (Phi) is 4.79. The number of piperazine rings is 1. The van der Waals surface area contributed by atoms with Crippen LogP contribution in [0.4, 0.5) is 5.82 Å². The predicted molar refractivity (Wildman–Crippen MR) is 107 cm³/mol. The SMILES string of the molecule is Cn1c(-c2cc(N3CCN([S+](C)[O-])CC3)ncc2Cl)nc2ccccc21. The molecule has 8 heteroatoms. The van der Waals surface area contributed by atoms with Crippen LogP contribution in [-0.2, 0) is 18.4 Å². The first-order chi connectivity index (χ1) is 12.5. The molecule has 3 heterocycles. The van der Waals surface area contributed by atoms with Crippen LogP contribution in [0.5, 0.6) is 0 Å². The Labute approximate surface area is 160 Å². The number of halogens is 1. The minimum absolute atomic E-state index is 0.584. The van der Waals surface area contributed by atoms with Crippen molar-refractivity contribution < 1.29 is 4.55 Å². The van der Waals surface area contributed by atoms with E-state index < -0.39 is 11.4 Å². The number of pyridine rings is 1. The summed E-state index contributed by atoms with van der Waals surface area (Å²) in [6.07, 6.45) is 3.41. The fraction of sp³-hybridized carbons (Fsp3) is 0.333. The van der Waals surface area contributed by atoms with Gasteiger partial charge in [-0.25, -0.2) is 9.97 Å². The fourth-order valence-electron chi connectivity index (χ4n) is 3.33. The van der Waals surface area contributed by atoms with Gasteiger partial charge in [-0.15, -0.1) is 4.31 Å². The number of para-hydroxylation sites is 2. The van der Waals surface area contributed by atoms with Crippen LogP contribution in [0, 0.1) is 0 Å². The zero-order valence-electron chi connectivity index (χ0n) is 14.7. The van der Waals surface area contributed by atoms with Gasteiger partial charge in [0.15, 0.2) is 0 Å². The number of hydrogen-bond acceptors (Lipinski definition) is 5. The summed E-state index contributed by atoms with van der Waals surface area (Å²) >= 11 is 5.53. The van der Waals surface area contributed by atoms with Gasteiger partial charge in [0.25, 0.3) is 0 Å². The van der Waals surface area contributed by atoms with Gasteiger partial charge in [-0.1, -0.05) is 23.7 Å². The number of benzene rings is 1.